The van der Waals surface area contributed by atoms with Crippen LogP contribution in [-0.2, 0) is 4.74 Å². The highest BCUT2D eigenvalue weighted by atomic mass is 32.2. The van der Waals surface area contributed by atoms with Crippen LogP contribution in [0.25, 0.3) is 0 Å². The van der Waals surface area contributed by atoms with E-state index in [4.69, 9.17) is 4.74 Å². The maximum atomic E-state index is 6.10. The van der Waals surface area contributed by atoms with E-state index in [1.54, 1.807) is 0 Å². The third-order valence-electron chi connectivity index (χ3n) is 4.32. The molecule has 5 unspecified atom stereocenters. The van der Waals surface area contributed by atoms with Crippen LogP contribution in [-0.4, -0.2) is 48.6 Å². The minimum absolute atomic E-state index is 0.137. The van der Waals surface area contributed by atoms with Crippen LogP contribution in [0.15, 0.2) is 0 Å². The molecule has 21 heavy (non-hydrogen) atoms. The van der Waals surface area contributed by atoms with E-state index in [1.165, 1.54) is 18.6 Å². The maximum Gasteiger partial charge on any atom is 0.121 e. The molecule has 2 aliphatic rings. The molecule has 2 fully saturated rings. The van der Waals surface area contributed by atoms with E-state index >= 15 is 0 Å². The summed E-state index contributed by atoms with van der Waals surface area (Å²) < 4.78 is 6.10. The highest BCUT2D eigenvalue weighted by Gasteiger charge is 2.36. The molecule has 0 amide bonds. The Kier molecular flexibility index (Phi) is 6.38. The highest BCUT2D eigenvalue weighted by Crippen LogP contribution is 2.26. The first kappa shape index (κ1) is 17.5. The summed E-state index contributed by atoms with van der Waals surface area (Å²) in [6, 6.07) is 1.62. The first-order chi connectivity index (χ1) is 9.90. The lowest BCUT2D eigenvalue weighted by atomic mass is 9.79. The molecule has 2 heterocycles. The van der Waals surface area contributed by atoms with Gasteiger partial charge < -0.3 is 15.4 Å². The number of thioether (sulfide) groups is 1. The van der Waals surface area contributed by atoms with Crippen molar-refractivity contribution in [1.82, 2.24) is 16.0 Å². The second-order valence-electron chi connectivity index (χ2n) is 7.53. The Morgan fingerprint density at radius 1 is 1.24 bits per heavy atom. The predicted octanol–water partition coefficient (Wildman–Crippen LogP) is 2.16. The van der Waals surface area contributed by atoms with Gasteiger partial charge in [0.05, 0.1) is 12.0 Å². The average molecular weight is 316 g/mol. The van der Waals surface area contributed by atoms with E-state index in [9.17, 15) is 0 Å². The zero-order valence-electron chi connectivity index (χ0n) is 14.2. The molecule has 2 aliphatic heterocycles. The molecule has 0 saturated carbocycles. The van der Waals surface area contributed by atoms with Gasteiger partial charge in [-0.1, -0.05) is 34.1 Å². The number of hydrogen-bond donors (Lipinski definition) is 3. The zero-order valence-corrected chi connectivity index (χ0v) is 15.1. The summed E-state index contributed by atoms with van der Waals surface area (Å²) in [5, 5.41) is 11.4. The number of ether oxygens (including phenoxy) is 1. The van der Waals surface area contributed by atoms with Crippen LogP contribution >= 0.6 is 11.8 Å². The molecule has 0 aliphatic carbocycles. The van der Waals surface area contributed by atoms with E-state index in [2.05, 4.69) is 50.6 Å². The molecule has 2 rings (SSSR count). The summed E-state index contributed by atoms with van der Waals surface area (Å²) >= 11 is 1.97. The second kappa shape index (κ2) is 7.64. The van der Waals surface area contributed by atoms with Gasteiger partial charge in [0, 0.05) is 30.4 Å². The van der Waals surface area contributed by atoms with E-state index in [-0.39, 0.29) is 11.6 Å². The SMILES string of the molecule is CCCC1NC(OCC2NC(C)CS2)CNC1C(C)(C)C. The maximum absolute atomic E-state index is 6.10. The molecule has 4 nitrogen and oxygen atoms in total. The van der Waals surface area contributed by atoms with Gasteiger partial charge in [-0.25, -0.2) is 0 Å². The van der Waals surface area contributed by atoms with E-state index in [0.717, 1.165) is 13.2 Å². The van der Waals surface area contributed by atoms with Crippen LogP contribution in [0.3, 0.4) is 0 Å². The highest BCUT2D eigenvalue weighted by molar-refractivity contribution is 8.00. The molecule has 0 radical (unpaired) electrons. The normalized spacial score (nSPS) is 37.9. The number of piperazine rings is 1. The van der Waals surface area contributed by atoms with Crippen molar-refractivity contribution in [2.75, 3.05) is 18.9 Å². The van der Waals surface area contributed by atoms with Gasteiger partial charge in [-0.15, -0.1) is 11.8 Å². The van der Waals surface area contributed by atoms with Crippen molar-refractivity contribution in [3.05, 3.63) is 0 Å². The summed E-state index contributed by atoms with van der Waals surface area (Å²) in [4.78, 5) is 0. The van der Waals surface area contributed by atoms with Gasteiger partial charge in [0.2, 0.25) is 0 Å². The molecule has 0 spiro atoms. The fourth-order valence-electron chi connectivity index (χ4n) is 3.32. The van der Waals surface area contributed by atoms with Crippen molar-refractivity contribution in [3.63, 3.8) is 0 Å². The lowest BCUT2D eigenvalue weighted by Gasteiger charge is -2.44. The number of nitrogens with one attached hydrogen (secondary N) is 3. The Morgan fingerprint density at radius 2 is 2.00 bits per heavy atom. The first-order valence-corrected chi connectivity index (χ1v) is 9.43. The van der Waals surface area contributed by atoms with E-state index < -0.39 is 0 Å². The number of rotatable bonds is 5. The van der Waals surface area contributed by atoms with Gasteiger partial charge >= 0.3 is 0 Å². The van der Waals surface area contributed by atoms with Gasteiger partial charge in [0.15, 0.2) is 0 Å². The van der Waals surface area contributed by atoms with Crippen LogP contribution in [0, 0.1) is 5.41 Å². The summed E-state index contributed by atoms with van der Waals surface area (Å²) in [6.45, 7) is 13.1. The van der Waals surface area contributed by atoms with Crippen molar-refractivity contribution in [1.29, 1.82) is 0 Å². The van der Waals surface area contributed by atoms with Crippen molar-refractivity contribution in [2.24, 2.45) is 5.41 Å². The summed E-state index contributed by atoms with van der Waals surface area (Å²) in [5.41, 5.74) is 0.274. The molecule has 0 aromatic rings. The largest absolute Gasteiger partial charge is 0.359 e. The minimum atomic E-state index is 0.137. The smallest absolute Gasteiger partial charge is 0.121 e. The van der Waals surface area contributed by atoms with Crippen LogP contribution in [0.4, 0.5) is 0 Å². The third-order valence-corrected chi connectivity index (χ3v) is 5.69. The monoisotopic (exact) mass is 315 g/mol. The Labute approximate surface area is 134 Å². The molecular formula is C16H33N3OS. The lowest BCUT2D eigenvalue weighted by molar-refractivity contribution is -0.0161. The van der Waals surface area contributed by atoms with E-state index in [0.29, 0.717) is 23.5 Å². The Balaban J connectivity index is 1.81. The molecule has 5 atom stereocenters. The Bertz CT molecular complexity index is 321. The minimum Gasteiger partial charge on any atom is -0.359 e. The average Bonchev–Trinajstić information content (AvgIpc) is 2.81. The lowest BCUT2D eigenvalue weighted by Crippen LogP contribution is -2.65. The molecule has 2 saturated heterocycles. The van der Waals surface area contributed by atoms with Crippen molar-refractivity contribution in [2.45, 2.75) is 77.2 Å². The molecule has 0 aromatic heterocycles. The van der Waals surface area contributed by atoms with Gasteiger partial charge in [0.25, 0.3) is 0 Å². The van der Waals surface area contributed by atoms with Crippen LogP contribution in [0.5, 0.6) is 0 Å². The fourth-order valence-corrected chi connectivity index (χ4v) is 4.44. The quantitative estimate of drug-likeness (QED) is 0.726. The Hall–Kier alpha value is 0.190. The molecule has 3 N–H and O–H groups in total. The summed E-state index contributed by atoms with van der Waals surface area (Å²) in [6.07, 6.45) is 2.54. The fraction of sp³-hybridized carbons (Fsp3) is 1.00. The summed E-state index contributed by atoms with van der Waals surface area (Å²) in [7, 11) is 0. The van der Waals surface area contributed by atoms with Crippen LogP contribution < -0.4 is 16.0 Å². The van der Waals surface area contributed by atoms with Crippen molar-refractivity contribution >= 4 is 11.8 Å². The standard InChI is InChI=1S/C16H33N3OS/c1-6-7-12-15(16(3,4)5)17-8-13(19-12)20-9-14-18-11(2)10-21-14/h11-15,17-19H,6-10H2,1-5H3. The topological polar surface area (TPSA) is 45.3 Å². The van der Waals surface area contributed by atoms with Gasteiger partial charge in [-0.3, -0.25) is 5.32 Å². The number of hydrogen-bond acceptors (Lipinski definition) is 5. The van der Waals surface area contributed by atoms with E-state index in [1.807, 2.05) is 11.8 Å². The summed E-state index contributed by atoms with van der Waals surface area (Å²) in [5.74, 6) is 1.19. The van der Waals surface area contributed by atoms with Crippen molar-refractivity contribution in [3.8, 4) is 0 Å². The van der Waals surface area contributed by atoms with Gasteiger partial charge in [-0.2, -0.15) is 0 Å². The predicted molar refractivity (Wildman–Crippen MR) is 91.7 cm³/mol. The molecule has 0 bridgehead atoms. The first-order valence-electron chi connectivity index (χ1n) is 8.39. The second-order valence-corrected chi connectivity index (χ2v) is 8.76. The molecule has 5 heteroatoms. The van der Waals surface area contributed by atoms with Crippen LogP contribution in [0.1, 0.15) is 47.5 Å². The zero-order chi connectivity index (χ0) is 15.5. The molecule has 0 aromatic carbocycles. The van der Waals surface area contributed by atoms with Gasteiger partial charge in [-0.05, 0) is 18.8 Å². The van der Waals surface area contributed by atoms with Crippen LogP contribution in [0.2, 0.25) is 0 Å². The molecular weight excluding hydrogens is 282 g/mol. The molecule has 124 valence electrons. The van der Waals surface area contributed by atoms with Gasteiger partial charge in [0.1, 0.15) is 6.23 Å². The third kappa shape index (κ3) is 5.10. The van der Waals surface area contributed by atoms with Crippen molar-refractivity contribution < 1.29 is 4.74 Å². The Morgan fingerprint density at radius 3 is 2.57 bits per heavy atom.